The van der Waals surface area contributed by atoms with Gasteiger partial charge in [-0.3, -0.25) is 4.79 Å². The first-order valence-electron chi connectivity index (χ1n) is 11.3. The van der Waals surface area contributed by atoms with E-state index in [-0.39, 0.29) is 35.7 Å². The first-order valence-corrected chi connectivity index (χ1v) is 11.3. The zero-order valence-corrected chi connectivity index (χ0v) is 19.8. The molecule has 7 nitrogen and oxygen atoms in total. The molecular weight excluding hydrogens is 486 g/mol. The second kappa shape index (κ2) is 11.0. The van der Waals surface area contributed by atoms with Gasteiger partial charge in [0.05, 0.1) is 13.7 Å². The van der Waals surface area contributed by atoms with Crippen molar-refractivity contribution in [2.24, 2.45) is 5.92 Å². The van der Waals surface area contributed by atoms with Gasteiger partial charge in [-0.05, 0) is 73.6 Å². The number of hydrogen-bond acceptors (Lipinski definition) is 5. The molecule has 0 atom stereocenters. The number of methoxy groups -OCH3 is 1. The normalized spacial score (nSPS) is 19.9. The van der Waals surface area contributed by atoms with Gasteiger partial charge in [0.15, 0.2) is 11.5 Å². The molecule has 1 aliphatic rings. The molecule has 2 aromatic carbocycles. The summed E-state index contributed by atoms with van der Waals surface area (Å²) in [4.78, 5) is 24.9. The molecule has 1 fully saturated rings. The molecule has 0 radical (unpaired) electrons. The van der Waals surface area contributed by atoms with Gasteiger partial charge in [-0.15, -0.1) is 13.2 Å². The summed E-state index contributed by atoms with van der Waals surface area (Å²) in [6.45, 7) is 1.89. The van der Waals surface area contributed by atoms with Crippen LogP contribution in [0.4, 0.5) is 17.6 Å². The average molecular weight is 513 g/mol. The Bertz CT molecular complexity index is 1100. The van der Waals surface area contributed by atoms with Crippen LogP contribution in [0.3, 0.4) is 0 Å². The number of nitrogens with one attached hydrogen (secondary N) is 1. The van der Waals surface area contributed by atoms with Gasteiger partial charge in [0.1, 0.15) is 17.1 Å². The molecule has 0 spiro atoms. The lowest BCUT2D eigenvalue weighted by atomic mass is 9.77. The highest BCUT2D eigenvalue weighted by atomic mass is 19.4. The summed E-state index contributed by atoms with van der Waals surface area (Å²) in [5.74, 6) is -2.20. The molecule has 2 aromatic rings. The van der Waals surface area contributed by atoms with E-state index in [2.05, 4.69) is 10.1 Å². The number of ether oxygens (including phenoxy) is 3. The Morgan fingerprint density at radius 3 is 2.42 bits per heavy atom. The van der Waals surface area contributed by atoms with Crippen molar-refractivity contribution < 1.29 is 46.5 Å². The molecule has 0 bridgehead atoms. The van der Waals surface area contributed by atoms with E-state index in [0.29, 0.717) is 31.6 Å². The van der Waals surface area contributed by atoms with Crippen molar-refractivity contribution in [3.63, 3.8) is 0 Å². The number of rotatable bonds is 9. The fraction of sp³-hybridized carbons (Fsp3) is 0.440. The molecule has 36 heavy (non-hydrogen) atoms. The topological polar surface area (TPSA) is 94.1 Å². The summed E-state index contributed by atoms with van der Waals surface area (Å²) in [6.07, 6.45) is -3.02. The number of hydrogen-bond donors (Lipinski definition) is 2. The van der Waals surface area contributed by atoms with Gasteiger partial charge in [-0.2, -0.15) is 0 Å². The number of carboxylic acid groups (broad SMARTS) is 1. The van der Waals surface area contributed by atoms with E-state index < -0.39 is 35.3 Å². The Hall–Kier alpha value is -3.50. The van der Waals surface area contributed by atoms with Gasteiger partial charge >= 0.3 is 12.3 Å². The number of carbonyl (C=O) groups is 2. The maximum absolute atomic E-state index is 14.1. The Morgan fingerprint density at radius 1 is 1.11 bits per heavy atom. The van der Waals surface area contributed by atoms with Crippen LogP contribution >= 0.6 is 0 Å². The van der Waals surface area contributed by atoms with E-state index in [4.69, 9.17) is 9.47 Å². The van der Waals surface area contributed by atoms with Crippen LogP contribution in [-0.2, 0) is 11.2 Å². The lowest BCUT2D eigenvalue weighted by molar-refractivity contribution is -0.274. The molecular formula is C25H27F4NO6. The zero-order valence-electron chi connectivity index (χ0n) is 19.8. The largest absolute Gasteiger partial charge is 0.573 e. The zero-order chi connectivity index (χ0) is 26.5. The van der Waals surface area contributed by atoms with Crippen LogP contribution in [0.2, 0.25) is 0 Å². The van der Waals surface area contributed by atoms with Crippen molar-refractivity contribution in [2.75, 3.05) is 13.7 Å². The quantitative estimate of drug-likeness (QED) is 0.453. The lowest BCUT2D eigenvalue weighted by Gasteiger charge is -2.36. The van der Waals surface area contributed by atoms with E-state index in [9.17, 15) is 32.3 Å². The van der Waals surface area contributed by atoms with Gasteiger partial charge in [0.2, 0.25) is 0 Å². The number of carbonyl (C=O) groups excluding carboxylic acids is 1. The third-order valence-corrected chi connectivity index (χ3v) is 6.20. The third kappa shape index (κ3) is 6.79. The molecule has 0 aliphatic heterocycles. The fourth-order valence-electron chi connectivity index (χ4n) is 4.08. The fourth-order valence-corrected chi connectivity index (χ4v) is 4.08. The summed E-state index contributed by atoms with van der Waals surface area (Å²) in [6, 6.07) is 6.97. The maximum Gasteiger partial charge on any atom is 0.573 e. The van der Waals surface area contributed by atoms with Crippen LogP contribution < -0.4 is 19.5 Å². The molecule has 2 N–H and O–H groups in total. The molecule has 1 aliphatic carbocycles. The Balaban J connectivity index is 1.71. The van der Waals surface area contributed by atoms with Gasteiger partial charge in [-0.1, -0.05) is 6.92 Å². The molecule has 0 heterocycles. The van der Waals surface area contributed by atoms with Crippen molar-refractivity contribution in [1.82, 2.24) is 5.32 Å². The number of alkyl halides is 3. The SMILES string of the molecule is COc1ccc(C(=O)NC2(C(=O)O)CCC(C)CC2)cc1OCCc1cc(OC(F)(F)F)ccc1F. The van der Waals surface area contributed by atoms with Gasteiger partial charge in [-0.25, -0.2) is 9.18 Å². The van der Waals surface area contributed by atoms with Crippen LogP contribution in [0.15, 0.2) is 36.4 Å². The maximum atomic E-state index is 14.1. The van der Waals surface area contributed by atoms with Crippen molar-refractivity contribution in [3.8, 4) is 17.2 Å². The van der Waals surface area contributed by atoms with E-state index >= 15 is 0 Å². The summed E-state index contributed by atoms with van der Waals surface area (Å²) < 4.78 is 66.1. The average Bonchev–Trinajstić information content (AvgIpc) is 2.81. The number of aliphatic carboxylic acids is 1. The lowest BCUT2D eigenvalue weighted by Crippen LogP contribution is -2.56. The minimum atomic E-state index is -4.91. The number of benzene rings is 2. The molecule has 0 saturated heterocycles. The van der Waals surface area contributed by atoms with E-state index in [0.717, 1.165) is 18.2 Å². The number of amides is 1. The monoisotopic (exact) mass is 513 g/mol. The molecule has 11 heteroatoms. The van der Waals surface area contributed by atoms with E-state index in [1.807, 2.05) is 6.92 Å². The van der Waals surface area contributed by atoms with Gasteiger partial charge < -0.3 is 24.6 Å². The van der Waals surface area contributed by atoms with E-state index in [1.54, 1.807) is 0 Å². The molecule has 3 rings (SSSR count). The molecule has 0 aromatic heterocycles. The van der Waals surface area contributed by atoms with Crippen molar-refractivity contribution in [2.45, 2.75) is 50.9 Å². The third-order valence-electron chi connectivity index (χ3n) is 6.20. The summed E-state index contributed by atoms with van der Waals surface area (Å²) >= 11 is 0. The standard InChI is InChI=1S/C25H27F4NO6/c1-15-7-10-24(11-8-15,23(32)33)30-22(31)17-3-6-20(34-2)21(14-17)35-12-9-16-13-18(4-5-19(16)26)36-25(27,28)29/h3-6,13-15H,7-12H2,1-2H3,(H,30,31)(H,32,33). The summed E-state index contributed by atoms with van der Waals surface area (Å²) in [5.41, 5.74) is -1.28. The Kier molecular flexibility index (Phi) is 8.31. The Labute approximate surface area is 205 Å². The van der Waals surface area contributed by atoms with Crippen molar-refractivity contribution >= 4 is 11.9 Å². The van der Waals surface area contributed by atoms with Crippen LogP contribution in [-0.4, -0.2) is 42.6 Å². The first kappa shape index (κ1) is 27.1. The predicted octanol–water partition coefficient (Wildman–Crippen LogP) is 5.12. The molecule has 196 valence electrons. The van der Waals surface area contributed by atoms with Crippen molar-refractivity contribution in [1.29, 1.82) is 0 Å². The number of carboxylic acids is 1. The highest BCUT2D eigenvalue weighted by molar-refractivity contribution is 5.98. The predicted molar refractivity (Wildman–Crippen MR) is 121 cm³/mol. The van der Waals surface area contributed by atoms with Gasteiger partial charge in [0, 0.05) is 12.0 Å². The highest BCUT2D eigenvalue weighted by Gasteiger charge is 2.42. The minimum absolute atomic E-state index is 0.0560. The molecule has 1 saturated carbocycles. The van der Waals surface area contributed by atoms with Crippen LogP contribution in [0.25, 0.3) is 0 Å². The van der Waals surface area contributed by atoms with Crippen LogP contribution in [0, 0.1) is 11.7 Å². The second-order valence-corrected chi connectivity index (χ2v) is 8.79. The highest BCUT2D eigenvalue weighted by Crippen LogP contribution is 2.34. The minimum Gasteiger partial charge on any atom is -0.493 e. The second-order valence-electron chi connectivity index (χ2n) is 8.79. The first-order chi connectivity index (χ1) is 16.9. The van der Waals surface area contributed by atoms with Gasteiger partial charge in [0.25, 0.3) is 5.91 Å². The molecule has 0 unspecified atom stereocenters. The Morgan fingerprint density at radius 2 is 1.81 bits per heavy atom. The summed E-state index contributed by atoms with van der Waals surface area (Å²) in [7, 11) is 1.38. The van der Waals surface area contributed by atoms with Crippen molar-refractivity contribution in [3.05, 3.63) is 53.3 Å². The summed E-state index contributed by atoms with van der Waals surface area (Å²) in [5, 5.41) is 12.4. The molecule has 1 amide bonds. The number of halogens is 4. The van der Waals surface area contributed by atoms with Crippen LogP contribution in [0.1, 0.15) is 48.5 Å². The smallest absolute Gasteiger partial charge is 0.493 e. The van der Waals surface area contributed by atoms with E-state index in [1.165, 1.54) is 25.3 Å². The van der Waals surface area contributed by atoms with Crippen LogP contribution in [0.5, 0.6) is 17.2 Å².